The van der Waals surface area contributed by atoms with Gasteiger partial charge in [0.05, 0.1) is 11.5 Å². The van der Waals surface area contributed by atoms with Crippen LogP contribution in [0.15, 0.2) is 78.9 Å². The highest BCUT2D eigenvalue weighted by Gasteiger charge is 2.34. The molecular weight excluding hydrogens is 441 g/mol. The van der Waals surface area contributed by atoms with E-state index >= 15 is 0 Å². The lowest BCUT2D eigenvalue weighted by Crippen LogP contribution is -2.28. The number of amides is 1. The monoisotopic (exact) mass is 462 g/mol. The Labute approximate surface area is 190 Å². The fourth-order valence-electron chi connectivity index (χ4n) is 3.73. The number of alkyl halides is 3. The summed E-state index contributed by atoms with van der Waals surface area (Å²) >= 11 is 0. The van der Waals surface area contributed by atoms with Crippen molar-refractivity contribution in [2.45, 2.75) is 12.1 Å². The van der Waals surface area contributed by atoms with Crippen LogP contribution in [-0.4, -0.2) is 19.0 Å². The van der Waals surface area contributed by atoms with Crippen molar-refractivity contribution in [1.29, 1.82) is 0 Å². The van der Waals surface area contributed by atoms with Gasteiger partial charge in [0.15, 0.2) is 0 Å². The maximum atomic E-state index is 12.9. The van der Waals surface area contributed by atoms with Gasteiger partial charge in [-0.3, -0.25) is 4.79 Å². The van der Waals surface area contributed by atoms with Gasteiger partial charge in [-0.15, -0.1) is 12.4 Å². The Balaban J connectivity index is 0.00000289. The zero-order valence-corrected chi connectivity index (χ0v) is 17.7. The summed E-state index contributed by atoms with van der Waals surface area (Å²) in [6.45, 7) is 1.33. The summed E-state index contributed by atoms with van der Waals surface area (Å²) in [6.07, 6.45) is -4.39. The van der Waals surface area contributed by atoms with Crippen molar-refractivity contribution in [3.05, 3.63) is 90.0 Å². The SMILES string of the molecule is Cl.O=C(Nc1cccc(Oc2ccc(C(F)(F)F)cc2)c1)[C@H]1CNCC1c1ccccc1. The lowest BCUT2D eigenvalue weighted by Gasteiger charge is -2.19. The first-order chi connectivity index (χ1) is 14.9. The largest absolute Gasteiger partial charge is 0.457 e. The molecule has 1 heterocycles. The maximum Gasteiger partial charge on any atom is 0.416 e. The number of ether oxygens (including phenoxy) is 1. The molecule has 0 bridgehead atoms. The second-order valence-electron chi connectivity index (χ2n) is 7.42. The van der Waals surface area contributed by atoms with Gasteiger partial charge in [-0.2, -0.15) is 13.2 Å². The Morgan fingerprint density at radius 3 is 2.31 bits per heavy atom. The highest BCUT2D eigenvalue weighted by Crippen LogP contribution is 2.32. The second-order valence-corrected chi connectivity index (χ2v) is 7.42. The molecule has 0 saturated carbocycles. The van der Waals surface area contributed by atoms with E-state index in [1.807, 2.05) is 30.3 Å². The van der Waals surface area contributed by atoms with Crippen LogP contribution in [-0.2, 0) is 11.0 Å². The van der Waals surface area contributed by atoms with Gasteiger partial charge in [0.2, 0.25) is 5.91 Å². The van der Waals surface area contributed by atoms with Crippen LogP contribution in [0.4, 0.5) is 18.9 Å². The Morgan fingerprint density at radius 1 is 0.906 bits per heavy atom. The highest BCUT2D eigenvalue weighted by atomic mass is 35.5. The highest BCUT2D eigenvalue weighted by molar-refractivity contribution is 5.93. The van der Waals surface area contributed by atoms with Crippen LogP contribution in [0.5, 0.6) is 11.5 Å². The molecule has 32 heavy (non-hydrogen) atoms. The summed E-state index contributed by atoms with van der Waals surface area (Å²) < 4.78 is 43.8. The normalized spacial score (nSPS) is 18.0. The first-order valence-electron chi connectivity index (χ1n) is 9.92. The van der Waals surface area contributed by atoms with E-state index in [0.29, 0.717) is 18.0 Å². The number of halogens is 4. The van der Waals surface area contributed by atoms with Crippen LogP contribution in [0.3, 0.4) is 0 Å². The Kier molecular flexibility index (Phi) is 7.43. The summed E-state index contributed by atoms with van der Waals surface area (Å²) in [5, 5.41) is 6.21. The Morgan fingerprint density at radius 2 is 1.62 bits per heavy atom. The van der Waals surface area contributed by atoms with Gasteiger partial charge < -0.3 is 15.4 Å². The van der Waals surface area contributed by atoms with E-state index in [9.17, 15) is 18.0 Å². The molecule has 1 aliphatic rings. The molecule has 4 rings (SSSR count). The number of hydrogen-bond acceptors (Lipinski definition) is 3. The molecule has 1 unspecified atom stereocenters. The number of nitrogens with one attached hydrogen (secondary N) is 2. The summed E-state index contributed by atoms with van der Waals surface area (Å²) in [7, 11) is 0. The van der Waals surface area contributed by atoms with Crippen molar-refractivity contribution in [3.63, 3.8) is 0 Å². The zero-order chi connectivity index (χ0) is 21.8. The molecular formula is C24H22ClF3N2O2. The third-order valence-corrected chi connectivity index (χ3v) is 5.30. The lowest BCUT2D eigenvalue weighted by atomic mass is 9.88. The van der Waals surface area contributed by atoms with Crippen molar-refractivity contribution in [2.75, 3.05) is 18.4 Å². The molecule has 3 aromatic rings. The van der Waals surface area contributed by atoms with E-state index in [1.165, 1.54) is 12.1 Å². The van der Waals surface area contributed by atoms with Crippen LogP contribution in [0.25, 0.3) is 0 Å². The molecule has 1 saturated heterocycles. The molecule has 168 valence electrons. The van der Waals surface area contributed by atoms with Gasteiger partial charge in [-0.1, -0.05) is 36.4 Å². The predicted octanol–water partition coefficient (Wildman–Crippen LogP) is 5.86. The average Bonchev–Trinajstić information content (AvgIpc) is 3.25. The molecule has 4 nitrogen and oxygen atoms in total. The first kappa shape index (κ1) is 23.6. The van der Waals surface area contributed by atoms with Gasteiger partial charge >= 0.3 is 6.18 Å². The van der Waals surface area contributed by atoms with Crippen molar-refractivity contribution in [3.8, 4) is 11.5 Å². The van der Waals surface area contributed by atoms with E-state index in [-0.39, 0.29) is 35.9 Å². The fourth-order valence-corrected chi connectivity index (χ4v) is 3.73. The summed E-state index contributed by atoms with van der Waals surface area (Å²) in [5.41, 5.74) is 0.944. The van der Waals surface area contributed by atoms with Crippen LogP contribution < -0.4 is 15.4 Å². The molecule has 0 radical (unpaired) electrons. The Hall–Kier alpha value is -3.03. The predicted molar refractivity (Wildman–Crippen MR) is 119 cm³/mol. The Bertz CT molecular complexity index is 1040. The molecule has 3 aromatic carbocycles. The van der Waals surface area contributed by atoms with Gasteiger partial charge in [-0.05, 0) is 42.0 Å². The minimum absolute atomic E-state index is 0. The van der Waals surface area contributed by atoms with Gasteiger partial charge in [-0.25, -0.2) is 0 Å². The third-order valence-electron chi connectivity index (χ3n) is 5.30. The molecule has 8 heteroatoms. The first-order valence-corrected chi connectivity index (χ1v) is 9.92. The van der Waals surface area contributed by atoms with E-state index in [2.05, 4.69) is 10.6 Å². The van der Waals surface area contributed by atoms with E-state index in [1.54, 1.807) is 24.3 Å². The minimum Gasteiger partial charge on any atom is -0.457 e. The molecule has 0 aliphatic carbocycles. The average molecular weight is 463 g/mol. The topological polar surface area (TPSA) is 50.4 Å². The van der Waals surface area contributed by atoms with Crippen molar-refractivity contribution in [2.24, 2.45) is 5.92 Å². The number of rotatable bonds is 5. The number of benzene rings is 3. The second kappa shape index (κ2) is 10.1. The fraction of sp³-hybridized carbons (Fsp3) is 0.208. The van der Waals surface area contributed by atoms with Gasteiger partial charge in [0.1, 0.15) is 11.5 Å². The minimum atomic E-state index is -4.39. The van der Waals surface area contributed by atoms with E-state index in [0.717, 1.165) is 24.2 Å². The molecule has 0 spiro atoms. The lowest BCUT2D eigenvalue weighted by molar-refractivity contribution is -0.137. The third kappa shape index (κ3) is 5.60. The number of anilines is 1. The molecule has 2 atom stereocenters. The molecule has 1 amide bonds. The summed E-state index contributed by atoms with van der Waals surface area (Å²) in [4.78, 5) is 12.9. The quantitative estimate of drug-likeness (QED) is 0.499. The van der Waals surface area contributed by atoms with Gasteiger partial charge in [0.25, 0.3) is 0 Å². The molecule has 1 fully saturated rings. The van der Waals surface area contributed by atoms with Crippen LogP contribution >= 0.6 is 12.4 Å². The van der Waals surface area contributed by atoms with Crippen molar-refractivity contribution < 1.29 is 22.7 Å². The summed E-state index contributed by atoms with van der Waals surface area (Å²) in [5.74, 6) is 0.488. The van der Waals surface area contributed by atoms with E-state index < -0.39 is 11.7 Å². The molecule has 1 aliphatic heterocycles. The number of carbonyl (C=O) groups is 1. The maximum absolute atomic E-state index is 12.9. The molecule has 0 aromatic heterocycles. The van der Waals surface area contributed by atoms with Crippen LogP contribution in [0.1, 0.15) is 17.0 Å². The van der Waals surface area contributed by atoms with E-state index in [4.69, 9.17) is 4.74 Å². The number of carbonyl (C=O) groups excluding carboxylic acids is 1. The van der Waals surface area contributed by atoms with Gasteiger partial charge in [0, 0.05) is 30.8 Å². The van der Waals surface area contributed by atoms with Crippen molar-refractivity contribution >= 4 is 24.0 Å². The number of hydrogen-bond donors (Lipinski definition) is 2. The zero-order valence-electron chi connectivity index (χ0n) is 16.9. The van der Waals surface area contributed by atoms with Crippen LogP contribution in [0.2, 0.25) is 0 Å². The van der Waals surface area contributed by atoms with Crippen molar-refractivity contribution in [1.82, 2.24) is 5.32 Å². The standard InChI is InChI=1S/C24H21F3N2O2.ClH/c25-24(26,27)17-9-11-19(12-10-17)31-20-8-4-7-18(13-20)29-23(30)22-15-28-14-21(22)16-5-2-1-3-6-16;/h1-13,21-22,28H,14-15H2,(H,29,30);1H/t21?,22-;/m0./s1. The van der Waals surface area contributed by atoms with Crippen LogP contribution in [0, 0.1) is 5.92 Å². The molecule has 2 N–H and O–H groups in total. The summed E-state index contributed by atoms with van der Waals surface area (Å²) in [6, 6.07) is 21.2. The smallest absolute Gasteiger partial charge is 0.416 e.